The minimum Gasteiger partial charge on any atom is -0.378 e. The van der Waals surface area contributed by atoms with E-state index in [1.54, 1.807) is 37.3 Å². The predicted octanol–water partition coefficient (Wildman–Crippen LogP) is 3.26. The molecule has 0 aliphatic carbocycles. The Bertz CT molecular complexity index is 1580. The zero-order valence-corrected chi connectivity index (χ0v) is 18.0. The molecule has 0 saturated heterocycles. The van der Waals surface area contributed by atoms with E-state index < -0.39 is 25.6 Å². The average molecular weight is 464 g/mol. The molecule has 1 heterocycles. The van der Waals surface area contributed by atoms with Gasteiger partial charge in [-0.05, 0) is 37.3 Å². The van der Waals surface area contributed by atoms with Gasteiger partial charge >= 0.3 is 10.1 Å². The van der Waals surface area contributed by atoms with E-state index in [0.717, 1.165) is 16.8 Å². The molecule has 0 N–H and O–H groups in total. The summed E-state index contributed by atoms with van der Waals surface area (Å²) in [4.78, 5) is 27.0. The third-order valence-electron chi connectivity index (χ3n) is 4.68. The number of fused-ring (bicyclic) bond motifs is 1. The van der Waals surface area contributed by atoms with E-state index in [1.807, 2.05) is 0 Å². The van der Waals surface area contributed by atoms with Gasteiger partial charge in [-0.3, -0.25) is 14.9 Å². The van der Waals surface area contributed by atoms with Crippen molar-refractivity contribution in [3.05, 3.63) is 105 Å². The molecule has 0 radical (unpaired) electrons. The van der Waals surface area contributed by atoms with E-state index in [9.17, 15) is 23.3 Å². The number of para-hydroxylation sites is 3. The Morgan fingerprint density at radius 3 is 2.48 bits per heavy atom. The molecule has 0 unspecified atom stereocenters. The van der Waals surface area contributed by atoms with Crippen LogP contribution in [0.3, 0.4) is 0 Å². The first kappa shape index (κ1) is 21.8. The maximum absolute atomic E-state index is 12.8. The number of hydrogen-bond donors (Lipinski definition) is 0. The molecule has 0 spiro atoms. The maximum Gasteiger partial charge on any atom is 0.346 e. The van der Waals surface area contributed by atoms with Gasteiger partial charge in [-0.1, -0.05) is 36.4 Å². The summed E-state index contributed by atoms with van der Waals surface area (Å²) >= 11 is 0. The van der Waals surface area contributed by atoms with Crippen molar-refractivity contribution < 1.29 is 17.5 Å². The van der Waals surface area contributed by atoms with Gasteiger partial charge < -0.3 is 4.18 Å². The third kappa shape index (κ3) is 4.34. The van der Waals surface area contributed by atoms with Crippen LogP contribution in [0.2, 0.25) is 0 Å². The molecule has 0 atom stereocenters. The summed E-state index contributed by atoms with van der Waals surface area (Å²) in [6.07, 6.45) is 1.26. The molecule has 11 heteroatoms. The van der Waals surface area contributed by atoms with Crippen molar-refractivity contribution in [2.75, 3.05) is 0 Å². The van der Waals surface area contributed by atoms with E-state index in [1.165, 1.54) is 36.5 Å². The Kier molecular flexibility index (Phi) is 5.71. The second-order valence-corrected chi connectivity index (χ2v) is 8.35. The van der Waals surface area contributed by atoms with Gasteiger partial charge in [-0.25, -0.2) is 4.98 Å². The molecule has 3 aromatic carbocycles. The van der Waals surface area contributed by atoms with Gasteiger partial charge in [-0.2, -0.15) is 18.2 Å². The molecule has 0 aliphatic rings. The van der Waals surface area contributed by atoms with E-state index >= 15 is 0 Å². The van der Waals surface area contributed by atoms with Crippen LogP contribution in [0.4, 0.5) is 5.69 Å². The number of nitro benzene ring substituents is 1. The lowest BCUT2D eigenvalue weighted by atomic mass is 10.2. The van der Waals surface area contributed by atoms with Crippen LogP contribution < -0.4 is 9.74 Å². The highest BCUT2D eigenvalue weighted by Gasteiger charge is 2.27. The summed E-state index contributed by atoms with van der Waals surface area (Å²) in [5.74, 6) is 0.222. The number of nitro groups is 1. The number of rotatable bonds is 6. The highest BCUT2D eigenvalue weighted by molar-refractivity contribution is 7.87. The maximum atomic E-state index is 12.8. The van der Waals surface area contributed by atoms with Crippen molar-refractivity contribution in [2.24, 2.45) is 5.10 Å². The molecule has 4 rings (SSSR count). The lowest BCUT2D eigenvalue weighted by Crippen LogP contribution is -2.20. The van der Waals surface area contributed by atoms with Crippen LogP contribution in [0.1, 0.15) is 11.4 Å². The molecule has 1 aromatic heterocycles. The highest BCUT2D eigenvalue weighted by Crippen LogP contribution is 2.27. The van der Waals surface area contributed by atoms with Crippen molar-refractivity contribution in [2.45, 2.75) is 11.8 Å². The van der Waals surface area contributed by atoms with E-state index in [-0.39, 0.29) is 16.9 Å². The van der Waals surface area contributed by atoms with Crippen molar-refractivity contribution in [3.8, 4) is 5.75 Å². The molecule has 0 aliphatic heterocycles. The number of hydrogen-bond acceptors (Lipinski definition) is 8. The zero-order valence-electron chi connectivity index (χ0n) is 17.2. The minimum absolute atomic E-state index is 0.112. The second kappa shape index (κ2) is 8.63. The van der Waals surface area contributed by atoms with Gasteiger partial charge in [0.25, 0.3) is 11.2 Å². The average Bonchev–Trinajstić information content (AvgIpc) is 2.79. The van der Waals surface area contributed by atoms with Gasteiger partial charge in [0.05, 0.1) is 22.0 Å². The number of benzene rings is 3. The summed E-state index contributed by atoms with van der Waals surface area (Å²) < 4.78 is 31.8. The van der Waals surface area contributed by atoms with Crippen LogP contribution >= 0.6 is 0 Å². The van der Waals surface area contributed by atoms with E-state index in [2.05, 4.69) is 10.1 Å². The first-order chi connectivity index (χ1) is 15.8. The van der Waals surface area contributed by atoms with Gasteiger partial charge in [0.15, 0.2) is 10.6 Å². The molecule has 0 saturated carbocycles. The molecular weight excluding hydrogens is 448 g/mol. The largest absolute Gasteiger partial charge is 0.378 e. The fraction of sp³-hybridized carbons (Fsp3) is 0.0455. The lowest BCUT2D eigenvalue weighted by molar-refractivity contribution is -0.387. The van der Waals surface area contributed by atoms with Crippen LogP contribution in [0.5, 0.6) is 5.75 Å². The molecule has 33 heavy (non-hydrogen) atoms. The van der Waals surface area contributed by atoms with Gasteiger partial charge in [-0.15, -0.1) is 0 Å². The number of aromatic nitrogens is 2. The fourth-order valence-electron chi connectivity index (χ4n) is 3.14. The Morgan fingerprint density at radius 2 is 1.70 bits per heavy atom. The second-order valence-electron chi connectivity index (χ2n) is 6.84. The SMILES string of the molecule is Cc1nc2ccccc2c(=O)n1N=Cc1ccccc1OS(=O)(=O)c1ccccc1[N+](=O)[O-]. The monoisotopic (exact) mass is 464 g/mol. The molecule has 0 fully saturated rings. The first-order valence-electron chi connectivity index (χ1n) is 9.57. The summed E-state index contributed by atoms with van der Waals surface area (Å²) in [7, 11) is -4.52. The highest BCUT2D eigenvalue weighted by atomic mass is 32.2. The Balaban J connectivity index is 1.73. The molecule has 166 valence electrons. The molecular formula is C22H16N4O6S. The zero-order chi connectivity index (χ0) is 23.6. The predicted molar refractivity (Wildman–Crippen MR) is 121 cm³/mol. The summed E-state index contributed by atoms with van der Waals surface area (Å²) in [5, 5.41) is 15.8. The van der Waals surface area contributed by atoms with Crippen LogP contribution in [0.25, 0.3) is 10.9 Å². The van der Waals surface area contributed by atoms with Crippen LogP contribution in [-0.2, 0) is 10.1 Å². The normalized spacial score (nSPS) is 11.7. The van der Waals surface area contributed by atoms with Crippen LogP contribution in [0, 0.1) is 17.0 Å². The quantitative estimate of drug-likeness (QED) is 0.185. The molecule has 0 amide bonds. The van der Waals surface area contributed by atoms with Gasteiger partial charge in [0, 0.05) is 11.6 Å². The van der Waals surface area contributed by atoms with Gasteiger partial charge in [0.1, 0.15) is 5.82 Å². The summed E-state index contributed by atoms with van der Waals surface area (Å²) in [6, 6.07) is 17.8. The smallest absolute Gasteiger partial charge is 0.346 e. The van der Waals surface area contributed by atoms with Crippen molar-refractivity contribution in [3.63, 3.8) is 0 Å². The minimum atomic E-state index is -4.52. The van der Waals surface area contributed by atoms with Crippen LogP contribution in [0.15, 0.2) is 87.6 Å². The summed E-state index contributed by atoms with van der Waals surface area (Å²) in [5.41, 5.74) is -0.224. The van der Waals surface area contributed by atoms with Crippen LogP contribution in [-0.4, -0.2) is 29.2 Å². The molecule has 4 aromatic rings. The number of nitrogens with zero attached hydrogens (tertiary/aromatic N) is 4. The van der Waals surface area contributed by atoms with Crippen molar-refractivity contribution in [1.29, 1.82) is 0 Å². The van der Waals surface area contributed by atoms with Crippen molar-refractivity contribution in [1.82, 2.24) is 9.66 Å². The Hall–Kier alpha value is -4.38. The fourth-order valence-corrected chi connectivity index (χ4v) is 4.26. The Labute approximate surface area is 187 Å². The Morgan fingerprint density at radius 1 is 1.03 bits per heavy atom. The standard InChI is InChI=1S/C22H16N4O6S/c1-15-24-18-10-4-3-9-17(18)22(27)25(15)23-14-16-8-2-6-12-20(16)32-33(30,31)21-13-7-5-11-19(21)26(28)29/h2-14H,1H3. The molecule has 0 bridgehead atoms. The van der Waals surface area contributed by atoms with Gasteiger partial charge in [0.2, 0.25) is 0 Å². The van der Waals surface area contributed by atoms with E-state index in [4.69, 9.17) is 4.18 Å². The van der Waals surface area contributed by atoms with Crippen molar-refractivity contribution >= 4 is 32.9 Å². The first-order valence-corrected chi connectivity index (χ1v) is 11.0. The third-order valence-corrected chi connectivity index (χ3v) is 5.96. The summed E-state index contributed by atoms with van der Waals surface area (Å²) in [6.45, 7) is 1.62. The number of aryl methyl sites for hydroxylation is 1. The van der Waals surface area contributed by atoms with E-state index in [0.29, 0.717) is 16.7 Å². The topological polar surface area (TPSA) is 134 Å². The lowest BCUT2D eigenvalue weighted by Gasteiger charge is -2.10. The molecule has 10 nitrogen and oxygen atoms in total.